The molecule has 0 aliphatic heterocycles. The summed E-state index contributed by atoms with van der Waals surface area (Å²) in [4.78, 5) is 32.6. The highest BCUT2D eigenvalue weighted by atomic mass is 16.1. The van der Waals surface area contributed by atoms with E-state index in [1.54, 1.807) is 37.5 Å². The fourth-order valence-electron chi connectivity index (χ4n) is 2.24. The lowest BCUT2D eigenvalue weighted by Gasteiger charge is -2.08. The first-order chi connectivity index (χ1) is 10.9. The van der Waals surface area contributed by atoms with Gasteiger partial charge in [0.05, 0.1) is 28.1 Å². The maximum atomic E-state index is 12.4. The molecular weight excluding hydrogens is 292 g/mol. The van der Waals surface area contributed by atoms with Gasteiger partial charge in [-0.25, -0.2) is 9.97 Å². The Morgan fingerprint density at radius 3 is 2.43 bits per heavy atom. The first-order valence-electron chi connectivity index (χ1n) is 7.17. The predicted octanol–water partition coefficient (Wildman–Crippen LogP) is 2.20. The standard InChI is InChI=1S/C17H16N4O2/c1-10-11(2)19-15-8-12(4-6-14(15)18-10)17(23)20-13-5-7-16(22)21(3)9-13/h4-9H,1-3H3,(H,20,23). The van der Waals surface area contributed by atoms with Crippen molar-refractivity contribution in [1.29, 1.82) is 0 Å². The van der Waals surface area contributed by atoms with Crippen LogP contribution in [0.1, 0.15) is 21.7 Å². The van der Waals surface area contributed by atoms with Crippen LogP contribution in [-0.2, 0) is 7.05 Å². The monoisotopic (exact) mass is 308 g/mol. The van der Waals surface area contributed by atoms with Gasteiger partial charge in [0.15, 0.2) is 0 Å². The van der Waals surface area contributed by atoms with Gasteiger partial charge in [-0.05, 0) is 38.1 Å². The quantitative estimate of drug-likeness (QED) is 0.787. The third kappa shape index (κ3) is 2.96. The Morgan fingerprint density at radius 1 is 1.04 bits per heavy atom. The van der Waals surface area contributed by atoms with Crippen LogP contribution in [0.5, 0.6) is 0 Å². The van der Waals surface area contributed by atoms with Gasteiger partial charge in [0.25, 0.3) is 5.91 Å². The average molecular weight is 308 g/mol. The van der Waals surface area contributed by atoms with Crippen molar-refractivity contribution in [3.05, 3.63) is 63.8 Å². The molecule has 6 nitrogen and oxygen atoms in total. The molecule has 0 spiro atoms. The van der Waals surface area contributed by atoms with Gasteiger partial charge in [0.1, 0.15) is 0 Å². The van der Waals surface area contributed by atoms with Crippen LogP contribution in [0, 0.1) is 13.8 Å². The number of carbonyl (C=O) groups excluding carboxylic acids is 1. The third-order valence-corrected chi connectivity index (χ3v) is 3.68. The van der Waals surface area contributed by atoms with E-state index in [4.69, 9.17) is 0 Å². The zero-order valence-electron chi connectivity index (χ0n) is 13.1. The number of amides is 1. The molecule has 3 aromatic rings. The van der Waals surface area contributed by atoms with Crippen LogP contribution in [0.4, 0.5) is 5.69 Å². The van der Waals surface area contributed by atoms with E-state index in [2.05, 4.69) is 15.3 Å². The molecule has 1 amide bonds. The molecule has 0 radical (unpaired) electrons. The second kappa shape index (κ2) is 5.64. The number of aromatic nitrogens is 3. The molecule has 0 fully saturated rings. The molecule has 116 valence electrons. The molecule has 0 atom stereocenters. The Morgan fingerprint density at radius 2 is 1.74 bits per heavy atom. The summed E-state index contributed by atoms with van der Waals surface area (Å²) in [5.41, 5.74) is 4.07. The van der Waals surface area contributed by atoms with E-state index < -0.39 is 0 Å². The van der Waals surface area contributed by atoms with Gasteiger partial charge >= 0.3 is 0 Å². The van der Waals surface area contributed by atoms with Crippen LogP contribution in [0.2, 0.25) is 0 Å². The van der Waals surface area contributed by atoms with Crippen LogP contribution >= 0.6 is 0 Å². The number of pyridine rings is 1. The topological polar surface area (TPSA) is 76.9 Å². The van der Waals surface area contributed by atoms with Gasteiger partial charge < -0.3 is 9.88 Å². The Balaban J connectivity index is 1.92. The molecule has 0 unspecified atom stereocenters. The smallest absolute Gasteiger partial charge is 0.255 e. The molecule has 1 N–H and O–H groups in total. The van der Waals surface area contributed by atoms with Crippen molar-refractivity contribution in [3.63, 3.8) is 0 Å². The maximum Gasteiger partial charge on any atom is 0.255 e. The number of carbonyl (C=O) groups is 1. The molecule has 2 heterocycles. The van der Waals surface area contributed by atoms with Crippen LogP contribution in [0.15, 0.2) is 41.3 Å². The highest BCUT2D eigenvalue weighted by molar-refractivity contribution is 6.05. The predicted molar refractivity (Wildman–Crippen MR) is 88.6 cm³/mol. The number of aryl methyl sites for hydroxylation is 3. The zero-order chi connectivity index (χ0) is 16.6. The third-order valence-electron chi connectivity index (χ3n) is 3.68. The van der Waals surface area contributed by atoms with Crippen LogP contribution < -0.4 is 10.9 Å². The lowest BCUT2D eigenvalue weighted by Crippen LogP contribution is -2.18. The number of rotatable bonds is 2. The number of nitrogens with zero attached hydrogens (tertiary/aromatic N) is 3. The van der Waals surface area contributed by atoms with Crippen molar-refractivity contribution >= 4 is 22.6 Å². The lowest BCUT2D eigenvalue weighted by molar-refractivity contribution is 0.102. The molecule has 0 bridgehead atoms. The maximum absolute atomic E-state index is 12.4. The molecule has 1 aromatic carbocycles. The summed E-state index contributed by atoms with van der Waals surface area (Å²) in [7, 11) is 1.63. The molecule has 0 aliphatic rings. The van der Waals surface area contributed by atoms with Crippen molar-refractivity contribution in [2.75, 3.05) is 5.32 Å². The first kappa shape index (κ1) is 14.9. The second-order valence-corrected chi connectivity index (χ2v) is 5.42. The highest BCUT2D eigenvalue weighted by Gasteiger charge is 2.09. The van der Waals surface area contributed by atoms with E-state index in [1.165, 1.54) is 10.6 Å². The van der Waals surface area contributed by atoms with E-state index >= 15 is 0 Å². The fourth-order valence-corrected chi connectivity index (χ4v) is 2.24. The van der Waals surface area contributed by atoms with Crippen molar-refractivity contribution in [2.45, 2.75) is 13.8 Å². The Labute approximate surface area is 132 Å². The van der Waals surface area contributed by atoms with E-state index in [9.17, 15) is 9.59 Å². The summed E-state index contributed by atoms with van der Waals surface area (Å²) in [6.07, 6.45) is 1.58. The molecule has 6 heteroatoms. The number of nitrogens with one attached hydrogen (secondary N) is 1. The average Bonchev–Trinajstić information content (AvgIpc) is 2.51. The van der Waals surface area contributed by atoms with Gasteiger partial charge in [0.2, 0.25) is 5.56 Å². The van der Waals surface area contributed by atoms with Crippen LogP contribution in [0.25, 0.3) is 11.0 Å². The molecule has 3 rings (SSSR count). The highest BCUT2D eigenvalue weighted by Crippen LogP contribution is 2.15. The van der Waals surface area contributed by atoms with Crippen molar-refractivity contribution in [3.8, 4) is 0 Å². The van der Waals surface area contributed by atoms with E-state index in [0.717, 1.165) is 16.9 Å². The van der Waals surface area contributed by atoms with Crippen LogP contribution in [0.3, 0.4) is 0 Å². The normalized spacial score (nSPS) is 10.7. The van der Waals surface area contributed by atoms with Gasteiger partial charge in [-0.15, -0.1) is 0 Å². The Kier molecular flexibility index (Phi) is 3.65. The SMILES string of the molecule is Cc1nc2ccc(C(=O)Nc3ccc(=O)n(C)c3)cc2nc1C. The van der Waals surface area contributed by atoms with E-state index in [1.807, 2.05) is 13.8 Å². The number of hydrogen-bond acceptors (Lipinski definition) is 4. The molecule has 2 aromatic heterocycles. The van der Waals surface area contributed by atoms with Crippen molar-refractivity contribution in [1.82, 2.24) is 14.5 Å². The van der Waals surface area contributed by atoms with Gasteiger partial charge in [0, 0.05) is 24.9 Å². The van der Waals surface area contributed by atoms with Gasteiger partial charge in [-0.2, -0.15) is 0 Å². The summed E-state index contributed by atoms with van der Waals surface area (Å²) < 4.78 is 1.41. The molecule has 23 heavy (non-hydrogen) atoms. The number of fused-ring (bicyclic) bond motifs is 1. The van der Waals surface area contributed by atoms with Gasteiger partial charge in [-0.3, -0.25) is 9.59 Å². The lowest BCUT2D eigenvalue weighted by atomic mass is 10.1. The minimum absolute atomic E-state index is 0.130. The summed E-state index contributed by atoms with van der Waals surface area (Å²) in [5, 5.41) is 2.77. The Bertz CT molecular complexity index is 976. The molecule has 0 aliphatic carbocycles. The number of anilines is 1. The number of benzene rings is 1. The van der Waals surface area contributed by atoms with Crippen molar-refractivity contribution in [2.24, 2.45) is 7.05 Å². The first-order valence-corrected chi connectivity index (χ1v) is 7.17. The van der Waals surface area contributed by atoms with Crippen LogP contribution in [-0.4, -0.2) is 20.4 Å². The van der Waals surface area contributed by atoms with Crippen molar-refractivity contribution < 1.29 is 4.79 Å². The van der Waals surface area contributed by atoms with E-state index in [0.29, 0.717) is 16.8 Å². The second-order valence-electron chi connectivity index (χ2n) is 5.42. The summed E-state index contributed by atoms with van der Waals surface area (Å²) in [5.74, 6) is -0.259. The Hall–Kier alpha value is -3.02. The summed E-state index contributed by atoms with van der Waals surface area (Å²) >= 11 is 0. The zero-order valence-corrected chi connectivity index (χ0v) is 13.1. The minimum Gasteiger partial charge on any atom is -0.321 e. The summed E-state index contributed by atoms with van der Waals surface area (Å²) in [6.45, 7) is 3.79. The minimum atomic E-state index is -0.259. The molecule has 0 saturated carbocycles. The summed E-state index contributed by atoms with van der Waals surface area (Å²) in [6, 6.07) is 8.20. The van der Waals surface area contributed by atoms with E-state index in [-0.39, 0.29) is 11.5 Å². The molecular formula is C17H16N4O2. The molecule has 0 saturated heterocycles. The number of hydrogen-bond donors (Lipinski definition) is 1. The fraction of sp³-hybridized carbons (Fsp3) is 0.176. The van der Waals surface area contributed by atoms with Gasteiger partial charge in [-0.1, -0.05) is 0 Å². The largest absolute Gasteiger partial charge is 0.321 e.